The number of amides is 1. The van der Waals surface area contributed by atoms with Crippen molar-refractivity contribution >= 4 is 5.91 Å². The maximum absolute atomic E-state index is 13.0. The number of nitrogens with zero attached hydrogens (tertiary/aromatic N) is 1. The molecule has 1 aliphatic carbocycles. The van der Waals surface area contributed by atoms with Crippen LogP contribution >= 0.6 is 0 Å². The van der Waals surface area contributed by atoms with Gasteiger partial charge in [-0.15, -0.1) is 0 Å². The quantitative estimate of drug-likeness (QED) is 0.906. The van der Waals surface area contributed by atoms with Crippen LogP contribution in [-0.2, 0) is 0 Å². The highest BCUT2D eigenvalue weighted by atomic mass is 19.1. The first-order valence-corrected chi connectivity index (χ1v) is 6.80. The summed E-state index contributed by atoms with van der Waals surface area (Å²) in [5, 5.41) is 16.5. The molecule has 1 fully saturated rings. The summed E-state index contributed by atoms with van der Waals surface area (Å²) in [5.74, 6) is -0.580. The second-order valence-corrected chi connectivity index (χ2v) is 5.20. The number of rotatable bonds is 4. The second-order valence-electron chi connectivity index (χ2n) is 5.20. The monoisotopic (exact) mass is 290 g/mol. The number of hydrogen-bond acceptors (Lipinski definition) is 4. The Morgan fingerprint density at radius 2 is 2.10 bits per heavy atom. The average Bonchev–Trinajstić information content (AvgIpc) is 3.14. The van der Waals surface area contributed by atoms with Crippen LogP contribution in [0.15, 0.2) is 28.8 Å². The van der Waals surface area contributed by atoms with Crippen molar-refractivity contribution in [2.45, 2.75) is 31.9 Å². The lowest BCUT2D eigenvalue weighted by Crippen LogP contribution is -2.26. The van der Waals surface area contributed by atoms with Crippen molar-refractivity contribution in [2.24, 2.45) is 0 Å². The molecule has 2 aromatic rings. The molecule has 0 saturated heterocycles. The van der Waals surface area contributed by atoms with E-state index in [0.717, 1.165) is 12.8 Å². The number of hydrogen-bond donors (Lipinski definition) is 2. The topological polar surface area (TPSA) is 75.4 Å². The average molecular weight is 290 g/mol. The Balaban J connectivity index is 2.02. The van der Waals surface area contributed by atoms with Crippen molar-refractivity contribution in [3.8, 4) is 11.3 Å². The third-order valence-electron chi connectivity index (χ3n) is 3.36. The zero-order valence-corrected chi connectivity index (χ0v) is 11.5. The first-order valence-electron chi connectivity index (χ1n) is 6.80. The Hall–Kier alpha value is -2.21. The fraction of sp³-hybridized carbons (Fsp3) is 0.333. The zero-order valence-electron chi connectivity index (χ0n) is 11.5. The minimum Gasteiger partial charge on any atom is -0.385 e. The van der Waals surface area contributed by atoms with E-state index in [1.54, 1.807) is 0 Å². The molecule has 21 heavy (non-hydrogen) atoms. The third kappa shape index (κ3) is 2.80. The van der Waals surface area contributed by atoms with E-state index in [-0.39, 0.29) is 29.1 Å². The molecule has 1 amide bonds. The highest BCUT2D eigenvalue weighted by Crippen LogP contribution is 2.30. The lowest BCUT2D eigenvalue weighted by molar-refractivity contribution is 0.0938. The van der Waals surface area contributed by atoms with Crippen LogP contribution in [0.5, 0.6) is 0 Å². The third-order valence-corrected chi connectivity index (χ3v) is 3.36. The molecular weight excluding hydrogens is 275 g/mol. The predicted molar refractivity (Wildman–Crippen MR) is 73.0 cm³/mol. The molecule has 1 heterocycles. The number of aliphatic hydroxyl groups is 1. The van der Waals surface area contributed by atoms with Gasteiger partial charge in [0.05, 0.1) is 0 Å². The molecule has 1 aromatic heterocycles. The molecule has 0 bridgehead atoms. The van der Waals surface area contributed by atoms with Gasteiger partial charge in [-0.2, -0.15) is 0 Å². The van der Waals surface area contributed by atoms with Crippen LogP contribution < -0.4 is 5.32 Å². The largest absolute Gasteiger partial charge is 0.385 e. The van der Waals surface area contributed by atoms with Crippen LogP contribution in [0.4, 0.5) is 4.39 Å². The van der Waals surface area contributed by atoms with Crippen LogP contribution in [0.2, 0.25) is 0 Å². The van der Waals surface area contributed by atoms with E-state index in [0.29, 0.717) is 11.3 Å². The predicted octanol–water partition coefficient (Wildman–Crippen LogP) is 2.43. The first kappa shape index (κ1) is 13.8. The van der Waals surface area contributed by atoms with E-state index in [1.165, 1.54) is 31.2 Å². The van der Waals surface area contributed by atoms with Gasteiger partial charge in [-0.25, -0.2) is 4.39 Å². The van der Waals surface area contributed by atoms with Crippen LogP contribution in [0.3, 0.4) is 0 Å². The molecule has 110 valence electrons. The van der Waals surface area contributed by atoms with Crippen LogP contribution in [0.1, 0.15) is 42.0 Å². The summed E-state index contributed by atoms with van der Waals surface area (Å²) in [6.07, 6.45) is 0.950. The summed E-state index contributed by atoms with van der Waals surface area (Å²) in [6, 6.07) is 5.79. The van der Waals surface area contributed by atoms with Gasteiger partial charge in [0.25, 0.3) is 5.91 Å². The molecule has 1 aliphatic rings. The molecule has 5 nitrogen and oxygen atoms in total. The molecule has 0 spiro atoms. The molecule has 0 unspecified atom stereocenters. The second kappa shape index (κ2) is 5.29. The Morgan fingerprint density at radius 1 is 1.43 bits per heavy atom. The number of carbonyl (C=O) groups excluding carboxylic acids is 1. The number of halogens is 1. The number of carbonyl (C=O) groups is 1. The normalized spacial score (nSPS) is 15.8. The van der Waals surface area contributed by atoms with Gasteiger partial charge in [-0.05, 0) is 44.0 Å². The first-order chi connectivity index (χ1) is 10.1. The maximum Gasteiger partial charge on any atom is 0.257 e. The number of benzene rings is 1. The fourth-order valence-corrected chi connectivity index (χ4v) is 2.10. The van der Waals surface area contributed by atoms with Crippen molar-refractivity contribution < 1.29 is 18.8 Å². The van der Waals surface area contributed by atoms with Gasteiger partial charge in [-0.1, -0.05) is 5.16 Å². The highest BCUT2D eigenvalue weighted by Gasteiger charge is 2.30. The van der Waals surface area contributed by atoms with E-state index in [2.05, 4.69) is 10.5 Å². The molecule has 1 saturated carbocycles. The van der Waals surface area contributed by atoms with E-state index in [9.17, 15) is 14.3 Å². The van der Waals surface area contributed by atoms with E-state index < -0.39 is 6.10 Å². The van der Waals surface area contributed by atoms with Crippen LogP contribution in [-0.4, -0.2) is 22.2 Å². The summed E-state index contributed by atoms with van der Waals surface area (Å²) in [7, 11) is 0. The van der Waals surface area contributed by atoms with Gasteiger partial charge >= 0.3 is 0 Å². The van der Waals surface area contributed by atoms with Crippen molar-refractivity contribution in [2.75, 3.05) is 0 Å². The SMILES string of the molecule is C[C@H](O)c1onc(-c2ccc(F)cc2)c1C(=O)NC1CC1. The number of aromatic nitrogens is 1. The molecule has 0 aliphatic heterocycles. The Morgan fingerprint density at radius 3 is 2.67 bits per heavy atom. The highest BCUT2D eigenvalue weighted by molar-refractivity contribution is 6.01. The van der Waals surface area contributed by atoms with Crippen molar-refractivity contribution in [3.05, 3.63) is 41.4 Å². The summed E-state index contributed by atoms with van der Waals surface area (Å²) in [5.41, 5.74) is 1.08. The summed E-state index contributed by atoms with van der Waals surface area (Å²) in [6.45, 7) is 1.50. The summed E-state index contributed by atoms with van der Waals surface area (Å²) < 4.78 is 18.1. The Kier molecular flexibility index (Phi) is 3.47. The molecule has 0 radical (unpaired) electrons. The van der Waals surface area contributed by atoms with Crippen molar-refractivity contribution in [3.63, 3.8) is 0 Å². The lowest BCUT2D eigenvalue weighted by atomic mass is 10.0. The van der Waals surface area contributed by atoms with Gasteiger partial charge in [0.15, 0.2) is 5.76 Å². The Labute approximate surface area is 120 Å². The van der Waals surface area contributed by atoms with Gasteiger partial charge in [-0.3, -0.25) is 4.79 Å². The van der Waals surface area contributed by atoms with E-state index in [1.807, 2.05) is 0 Å². The minimum absolute atomic E-state index is 0.118. The summed E-state index contributed by atoms with van der Waals surface area (Å²) in [4.78, 5) is 12.3. The summed E-state index contributed by atoms with van der Waals surface area (Å²) >= 11 is 0. The maximum atomic E-state index is 13.0. The molecule has 3 rings (SSSR count). The van der Waals surface area contributed by atoms with E-state index in [4.69, 9.17) is 4.52 Å². The molecule has 6 heteroatoms. The fourth-order valence-electron chi connectivity index (χ4n) is 2.10. The molecule has 2 N–H and O–H groups in total. The zero-order chi connectivity index (χ0) is 15.0. The standard InChI is InChI=1S/C15H15FN2O3/c1-8(19)14-12(15(20)17-11-6-7-11)13(18-21-14)9-2-4-10(16)5-3-9/h2-5,8,11,19H,6-7H2,1H3,(H,17,20)/t8-/m0/s1. The van der Waals surface area contributed by atoms with Gasteiger partial charge in [0, 0.05) is 11.6 Å². The van der Waals surface area contributed by atoms with Gasteiger partial charge in [0.2, 0.25) is 0 Å². The van der Waals surface area contributed by atoms with Crippen LogP contribution in [0.25, 0.3) is 11.3 Å². The molecular formula is C15H15FN2O3. The molecule has 1 aromatic carbocycles. The smallest absolute Gasteiger partial charge is 0.257 e. The number of nitrogens with one attached hydrogen (secondary N) is 1. The van der Waals surface area contributed by atoms with E-state index >= 15 is 0 Å². The minimum atomic E-state index is -0.952. The van der Waals surface area contributed by atoms with Crippen molar-refractivity contribution in [1.82, 2.24) is 10.5 Å². The van der Waals surface area contributed by atoms with Gasteiger partial charge < -0.3 is 14.9 Å². The lowest BCUT2D eigenvalue weighted by Gasteiger charge is -2.06. The Bertz CT molecular complexity index is 660. The van der Waals surface area contributed by atoms with Gasteiger partial charge in [0.1, 0.15) is 23.2 Å². The number of aliphatic hydroxyl groups excluding tert-OH is 1. The van der Waals surface area contributed by atoms with Crippen LogP contribution in [0, 0.1) is 5.82 Å². The molecule has 1 atom stereocenters. The van der Waals surface area contributed by atoms with Crippen molar-refractivity contribution in [1.29, 1.82) is 0 Å².